The summed E-state index contributed by atoms with van der Waals surface area (Å²) in [6.45, 7) is 1.94. The van der Waals surface area contributed by atoms with Gasteiger partial charge in [-0.3, -0.25) is 4.79 Å². The number of benzene rings is 1. The van der Waals surface area contributed by atoms with Crippen molar-refractivity contribution in [3.05, 3.63) is 53.2 Å². The maximum absolute atomic E-state index is 12.7. The molecule has 0 aliphatic heterocycles. The first-order chi connectivity index (χ1) is 12.2. The highest BCUT2D eigenvalue weighted by atomic mass is 32.2. The number of aromatic nitrogens is 2. The second-order valence-corrected chi connectivity index (χ2v) is 8.45. The van der Waals surface area contributed by atoms with Crippen LogP contribution in [0.4, 0.5) is 0 Å². The topological polar surface area (TPSA) is 54.9 Å². The molecule has 4 nitrogen and oxygen atoms in total. The zero-order valence-electron chi connectivity index (χ0n) is 13.9. The third-order valence-electron chi connectivity index (χ3n) is 4.57. The minimum Gasteiger partial charge on any atom is -0.348 e. The Hall–Kier alpha value is -1.92. The monoisotopic (exact) mass is 369 g/mol. The van der Waals surface area contributed by atoms with Crippen LogP contribution in [0.2, 0.25) is 0 Å². The molecule has 4 rings (SSSR count). The Labute approximate surface area is 155 Å². The number of nitrogens with one attached hydrogen (secondary N) is 1. The van der Waals surface area contributed by atoms with Gasteiger partial charge in [-0.15, -0.1) is 11.3 Å². The van der Waals surface area contributed by atoms with E-state index in [9.17, 15) is 4.79 Å². The zero-order chi connectivity index (χ0) is 17.2. The molecular formula is C19H19N3OS2. The number of carbonyl (C=O) groups is 1. The lowest BCUT2D eigenvalue weighted by Gasteiger charge is -2.27. The average molecular weight is 370 g/mol. The van der Waals surface area contributed by atoms with Crippen LogP contribution in [0, 0.1) is 0 Å². The molecule has 0 saturated heterocycles. The van der Waals surface area contributed by atoms with Crippen LogP contribution in [0.3, 0.4) is 0 Å². The van der Waals surface area contributed by atoms with Gasteiger partial charge < -0.3 is 5.32 Å². The van der Waals surface area contributed by atoms with Gasteiger partial charge in [0.25, 0.3) is 0 Å². The first kappa shape index (κ1) is 16.5. The highest BCUT2D eigenvalue weighted by Gasteiger charge is 2.24. The molecule has 3 aromatic rings. The summed E-state index contributed by atoms with van der Waals surface area (Å²) < 4.78 is 0. The van der Waals surface area contributed by atoms with Gasteiger partial charge in [0.1, 0.15) is 16.2 Å². The molecule has 1 aromatic carbocycles. The maximum atomic E-state index is 12.7. The van der Waals surface area contributed by atoms with Gasteiger partial charge in [-0.1, -0.05) is 36.0 Å². The van der Waals surface area contributed by atoms with Crippen molar-refractivity contribution >= 4 is 39.2 Å². The van der Waals surface area contributed by atoms with Crippen LogP contribution in [0.5, 0.6) is 0 Å². The van der Waals surface area contributed by atoms with Crippen molar-refractivity contribution in [3.8, 4) is 0 Å². The van der Waals surface area contributed by atoms with E-state index in [1.165, 1.54) is 22.9 Å². The lowest BCUT2D eigenvalue weighted by atomic mass is 9.88. The zero-order valence-corrected chi connectivity index (χ0v) is 15.6. The lowest BCUT2D eigenvalue weighted by Crippen LogP contribution is -2.35. The molecule has 128 valence electrons. The van der Waals surface area contributed by atoms with Gasteiger partial charge in [0.2, 0.25) is 5.91 Å². The van der Waals surface area contributed by atoms with Crippen molar-refractivity contribution in [2.45, 2.75) is 42.5 Å². The van der Waals surface area contributed by atoms with Gasteiger partial charge in [0.05, 0.1) is 11.3 Å². The lowest BCUT2D eigenvalue weighted by molar-refractivity contribution is -0.121. The molecule has 1 amide bonds. The van der Waals surface area contributed by atoms with Gasteiger partial charge in [-0.05, 0) is 48.8 Å². The van der Waals surface area contributed by atoms with Crippen LogP contribution in [0.15, 0.2) is 47.1 Å². The van der Waals surface area contributed by atoms with Crippen molar-refractivity contribution in [3.63, 3.8) is 0 Å². The fourth-order valence-corrected chi connectivity index (χ4v) is 4.98. The molecule has 0 radical (unpaired) electrons. The Bertz CT molecular complexity index is 908. The number of fused-ring (bicyclic) bond motifs is 2. The van der Waals surface area contributed by atoms with Crippen molar-refractivity contribution in [2.24, 2.45) is 0 Å². The normalized spacial score (nSPS) is 17.9. The number of thioether (sulfide) groups is 1. The summed E-state index contributed by atoms with van der Waals surface area (Å²) in [6.07, 6.45) is 4.79. The highest BCUT2D eigenvalue weighted by Crippen LogP contribution is 2.32. The quantitative estimate of drug-likeness (QED) is 0.548. The van der Waals surface area contributed by atoms with Gasteiger partial charge in [-0.25, -0.2) is 9.97 Å². The summed E-state index contributed by atoms with van der Waals surface area (Å²) in [5.74, 6) is 0.0636. The predicted molar refractivity (Wildman–Crippen MR) is 103 cm³/mol. The molecule has 0 bridgehead atoms. The molecule has 1 aliphatic rings. The molecule has 2 unspecified atom stereocenters. The number of thiophene rings is 1. The van der Waals surface area contributed by atoms with Crippen LogP contribution in [0.25, 0.3) is 10.2 Å². The van der Waals surface area contributed by atoms with Gasteiger partial charge >= 0.3 is 0 Å². The predicted octanol–water partition coefficient (Wildman–Crippen LogP) is 4.37. The molecule has 1 aliphatic carbocycles. The third-order valence-corrected chi connectivity index (χ3v) is 6.51. The number of carbonyl (C=O) groups excluding carboxylic acids is 1. The highest BCUT2D eigenvalue weighted by molar-refractivity contribution is 8.00. The number of nitrogens with zero attached hydrogens (tertiary/aromatic N) is 2. The third kappa shape index (κ3) is 3.41. The Morgan fingerprint density at radius 2 is 2.20 bits per heavy atom. The Morgan fingerprint density at radius 1 is 1.32 bits per heavy atom. The Morgan fingerprint density at radius 3 is 3.12 bits per heavy atom. The number of amides is 1. The first-order valence-electron chi connectivity index (χ1n) is 8.45. The van der Waals surface area contributed by atoms with Crippen LogP contribution in [0.1, 0.15) is 36.9 Å². The molecule has 0 fully saturated rings. The van der Waals surface area contributed by atoms with Gasteiger partial charge in [0, 0.05) is 5.39 Å². The van der Waals surface area contributed by atoms with E-state index in [0.717, 1.165) is 34.5 Å². The summed E-state index contributed by atoms with van der Waals surface area (Å²) in [4.78, 5) is 22.3. The SMILES string of the molecule is CC(Sc1ncnc2sccc12)C(=O)NC1CCCc2ccccc21. The van der Waals surface area contributed by atoms with Gasteiger partial charge in [-0.2, -0.15) is 0 Å². The summed E-state index contributed by atoms with van der Waals surface area (Å²) in [5, 5.41) is 6.94. The van der Waals surface area contributed by atoms with E-state index >= 15 is 0 Å². The van der Waals surface area contributed by atoms with E-state index in [-0.39, 0.29) is 17.2 Å². The van der Waals surface area contributed by atoms with Crippen molar-refractivity contribution in [1.82, 2.24) is 15.3 Å². The molecule has 2 heterocycles. The number of rotatable bonds is 4. The number of aryl methyl sites for hydroxylation is 1. The second kappa shape index (κ2) is 7.14. The average Bonchev–Trinajstić information content (AvgIpc) is 3.12. The van der Waals surface area contributed by atoms with Crippen LogP contribution < -0.4 is 5.32 Å². The summed E-state index contributed by atoms with van der Waals surface area (Å²) in [6, 6.07) is 10.6. The number of hydrogen-bond donors (Lipinski definition) is 1. The molecule has 0 spiro atoms. The van der Waals surface area contributed by atoms with E-state index < -0.39 is 0 Å². The van der Waals surface area contributed by atoms with Crippen LogP contribution in [-0.2, 0) is 11.2 Å². The fourth-order valence-electron chi connectivity index (χ4n) is 3.28. The summed E-state index contributed by atoms with van der Waals surface area (Å²) >= 11 is 3.09. The smallest absolute Gasteiger partial charge is 0.233 e. The molecule has 6 heteroatoms. The molecular weight excluding hydrogens is 350 g/mol. The molecule has 2 atom stereocenters. The largest absolute Gasteiger partial charge is 0.348 e. The van der Waals surface area contributed by atoms with Crippen LogP contribution in [-0.4, -0.2) is 21.1 Å². The molecule has 25 heavy (non-hydrogen) atoms. The molecule has 2 aromatic heterocycles. The van der Waals surface area contributed by atoms with Crippen molar-refractivity contribution < 1.29 is 4.79 Å². The van der Waals surface area contributed by atoms with Crippen molar-refractivity contribution in [1.29, 1.82) is 0 Å². The van der Waals surface area contributed by atoms with Gasteiger partial charge in [0.15, 0.2) is 0 Å². The summed E-state index contributed by atoms with van der Waals surface area (Å²) in [7, 11) is 0. The number of hydrogen-bond acceptors (Lipinski definition) is 5. The second-order valence-electron chi connectivity index (χ2n) is 6.23. The molecule has 0 saturated carbocycles. The van der Waals surface area contributed by atoms with Crippen LogP contribution >= 0.6 is 23.1 Å². The Kier molecular flexibility index (Phi) is 4.72. The maximum Gasteiger partial charge on any atom is 0.233 e. The Balaban J connectivity index is 1.47. The fraction of sp³-hybridized carbons (Fsp3) is 0.316. The first-order valence-corrected chi connectivity index (χ1v) is 10.2. The van der Waals surface area contributed by atoms with E-state index in [1.54, 1.807) is 17.7 Å². The van der Waals surface area contributed by atoms with E-state index in [1.807, 2.05) is 18.4 Å². The summed E-state index contributed by atoms with van der Waals surface area (Å²) in [5.41, 5.74) is 2.62. The van der Waals surface area contributed by atoms with E-state index in [0.29, 0.717) is 0 Å². The standard InChI is InChI=1S/C19H19N3OS2/c1-12(25-19-15-9-10-24-18(15)20-11-21-19)17(23)22-16-8-4-6-13-5-2-3-7-14(13)16/h2-3,5,7,9-12,16H,4,6,8H2,1H3,(H,22,23). The minimum atomic E-state index is -0.202. The van der Waals surface area contributed by atoms with E-state index in [2.05, 4.69) is 39.6 Å². The molecule has 1 N–H and O–H groups in total. The van der Waals surface area contributed by atoms with Crippen molar-refractivity contribution in [2.75, 3.05) is 0 Å². The minimum absolute atomic E-state index is 0.0636. The van der Waals surface area contributed by atoms with E-state index in [4.69, 9.17) is 0 Å².